The molecule has 2 unspecified atom stereocenters. The number of nitrogens with one attached hydrogen (secondary N) is 1. The van der Waals surface area contributed by atoms with Crippen LogP contribution in [0, 0.1) is 5.92 Å². The van der Waals surface area contributed by atoms with Gasteiger partial charge in [-0.25, -0.2) is 0 Å². The predicted molar refractivity (Wildman–Crippen MR) is 87.5 cm³/mol. The Hall–Kier alpha value is -1.35. The maximum atomic E-state index is 12.4. The van der Waals surface area contributed by atoms with Crippen LogP contribution in [-0.2, 0) is 4.79 Å². The number of carbonyl (C=O) groups is 1. The van der Waals surface area contributed by atoms with Crippen molar-refractivity contribution in [1.82, 2.24) is 5.32 Å². The number of carbonyl (C=O) groups excluding carboxylic acids is 1. The normalized spacial score (nSPS) is 32.4. The summed E-state index contributed by atoms with van der Waals surface area (Å²) in [6, 6.07) is 10.6. The SMILES string of the molecule is O=C(NC1CCCCC1O)C1CCC(c2ccccc2)CC1. The van der Waals surface area contributed by atoms with Crippen molar-refractivity contribution in [3.8, 4) is 0 Å². The lowest BCUT2D eigenvalue weighted by Crippen LogP contribution is -2.47. The van der Waals surface area contributed by atoms with E-state index in [-0.39, 0.29) is 24.0 Å². The first-order chi connectivity index (χ1) is 10.7. The second-order valence-electron chi connectivity index (χ2n) is 6.93. The quantitative estimate of drug-likeness (QED) is 0.899. The Morgan fingerprint density at radius 2 is 1.64 bits per heavy atom. The van der Waals surface area contributed by atoms with E-state index < -0.39 is 0 Å². The molecule has 2 atom stereocenters. The molecule has 1 aromatic rings. The minimum atomic E-state index is -0.349. The topological polar surface area (TPSA) is 49.3 Å². The van der Waals surface area contributed by atoms with Gasteiger partial charge in [-0.15, -0.1) is 0 Å². The van der Waals surface area contributed by atoms with Crippen LogP contribution >= 0.6 is 0 Å². The van der Waals surface area contributed by atoms with Crippen molar-refractivity contribution in [2.45, 2.75) is 69.4 Å². The third-order valence-electron chi connectivity index (χ3n) is 5.43. The zero-order valence-corrected chi connectivity index (χ0v) is 13.2. The fourth-order valence-electron chi connectivity index (χ4n) is 3.99. The number of aliphatic hydroxyl groups is 1. The molecule has 2 fully saturated rings. The van der Waals surface area contributed by atoms with Gasteiger partial charge in [-0.3, -0.25) is 4.79 Å². The molecule has 0 aliphatic heterocycles. The summed E-state index contributed by atoms with van der Waals surface area (Å²) in [7, 11) is 0. The van der Waals surface area contributed by atoms with Gasteiger partial charge in [-0.1, -0.05) is 43.2 Å². The Balaban J connectivity index is 1.49. The molecule has 1 aromatic carbocycles. The van der Waals surface area contributed by atoms with Crippen LogP contribution in [0.3, 0.4) is 0 Å². The summed E-state index contributed by atoms with van der Waals surface area (Å²) in [6.07, 6.45) is 7.71. The van der Waals surface area contributed by atoms with Crippen LogP contribution in [0.4, 0.5) is 0 Å². The van der Waals surface area contributed by atoms with Crippen LogP contribution in [0.15, 0.2) is 30.3 Å². The van der Waals surface area contributed by atoms with Gasteiger partial charge >= 0.3 is 0 Å². The molecule has 3 heteroatoms. The van der Waals surface area contributed by atoms with E-state index in [4.69, 9.17) is 0 Å². The maximum Gasteiger partial charge on any atom is 0.223 e. The summed E-state index contributed by atoms with van der Waals surface area (Å²) in [4.78, 5) is 12.4. The van der Waals surface area contributed by atoms with Gasteiger partial charge in [0.2, 0.25) is 5.91 Å². The molecule has 3 nitrogen and oxygen atoms in total. The van der Waals surface area contributed by atoms with Gasteiger partial charge in [-0.2, -0.15) is 0 Å². The lowest BCUT2D eigenvalue weighted by Gasteiger charge is -2.32. The fraction of sp³-hybridized carbons (Fsp3) is 0.632. The highest BCUT2D eigenvalue weighted by Gasteiger charge is 2.30. The molecular formula is C19H27NO2. The summed E-state index contributed by atoms with van der Waals surface area (Å²) in [5.41, 5.74) is 1.41. The van der Waals surface area contributed by atoms with E-state index in [1.54, 1.807) is 0 Å². The highest BCUT2D eigenvalue weighted by Crippen LogP contribution is 2.35. The molecular weight excluding hydrogens is 274 g/mol. The van der Waals surface area contributed by atoms with Crippen LogP contribution in [0.25, 0.3) is 0 Å². The highest BCUT2D eigenvalue weighted by molar-refractivity contribution is 5.79. The number of hydrogen-bond acceptors (Lipinski definition) is 2. The molecule has 3 rings (SSSR count). The average Bonchev–Trinajstić information content (AvgIpc) is 2.58. The second kappa shape index (κ2) is 7.28. The molecule has 0 radical (unpaired) electrons. The molecule has 2 aliphatic carbocycles. The zero-order chi connectivity index (χ0) is 15.4. The lowest BCUT2D eigenvalue weighted by molar-refractivity contribution is -0.128. The molecule has 0 heterocycles. The second-order valence-corrected chi connectivity index (χ2v) is 6.93. The first-order valence-corrected chi connectivity index (χ1v) is 8.77. The van der Waals surface area contributed by atoms with Crippen molar-refractivity contribution in [3.63, 3.8) is 0 Å². The average molecular weight is 301 g/mol. The Bertz CT molecular complexity index is 479. The Labute approximate surface area is 133 Å². The van der Waals surface area contributed by atoms with Crippen molar-refractivity contribution < 1.29 is 9.90 Å². The van der Waals surface area contributed by atoms with E-state index in [1.165, 1.54) is 5.56 Å². The predicted octanol–water partition coefficient (Wildman–Crippen LogP) is 3.38. The van der Waals surface area contributed by atoms with E-state index in [2.05, 4.69) is 35.6 Å². The maximum absolute atomic E-state index is 12.4. The molecule has 120 valence electrons. The molecule has 22 heavy (non-hydrogen) atoms. The van der Waals surface area contributed by atoms with Gasteiger partial charge in [0.15, 0.2) is 0 Å². The molecule has 0 aromatic heterocycles. The molecule has 2 saturated carbocycles. The van der Waals surface area contributed by atoms with Gasteiger partial charge < -0.3 is 10.4 Å². The third-order valence-corrected chi connectivity index (χ3v) is 5.43. The van der Waals surface area contributed by atoms with Gasteiger partial charge in [0, 0.05) is 5.92 Å². The largest absolute Gasteiger partial charge is 0.391 e. The molecule has 0 saturated heterocycles. The van der Waals surface area contributed by atoms with Crippen molar-refractivity contribution in [2.75, 3.05) is 0 Å². The van der Waals surface area contributed by atoms with E-state index in [0.29, 0.717) is 5.92 Å². The van der Waals surface area contributed by atoms with Gasteiger partial charge in [0.05, 0.1) is 12.1 Å². The first-order valence-electron chi connectivity index (χ1n) is 8.77. The Morgan fingerprint density at radius 3 is 2.32 bits per heavy atom. The summed E-state index contributed by atoms with van der Waals surface area (Å²) in [5, 5.41) is 13.1. The monoisotopic (exact) mass is 301 g/mol. The van der Waals surface area contributed by atoms with Crippen LogP contribution < -0.4 is 5.32 Å². The number of amides is 1. The van der Waals surface area contributed by atoms with Crippen molar-refractivity contribution in [3.05, 3.63) is 35.9 Å². The van der Waals surface area contributed by atoms with Crippen LogP contribution in [0.2, 0.25) is 0 Å². The van der Waals surface area contributed by atoms with Crippen LogP contribution in [0.1, 0.15) is 62.8 Å². The summed E-state index contributed by atoms with van der Waals surface area (Å²) < 4.78 is 0. The van der Waals surface area contributed by atoms with Crippen LogP contribution in [-0.4, -0.2) is 23.2 Å². The minimum Gasteiger partial charge on any atom is -0.391 e. The summed E-state index contributed by atoms with van der Waals surface area (Å²) in [6.45, 7) is 0. The number of hydrogen-bond donors (Lipinski definition) is 2. The van der Waals surface area contributed by atoms with Gasteiger partial charge in [0.25, 0.3) is 0 Å². The van der Waals surface area contributed by atoms with Crippen molar-refractivity contribution in [2.24, 2.45) is 5.92 Å². The first kappa shape index (κ1) is 15.5. The third kappa shape index (κ3) is 3.70. The number of aliphatic hydroxyl groups excluding tert-OH is 1. The smallest absolute Gasteiger partial charge is 0.223 e. The van der Waals surface area contributed by atoms with Crippen molar-refractivity contribution in [1.29, 1.82) is 0 Å². The lowest BCUT2D eigenvalue weighted by atomic mass is 9.78. The standard InChI is InChI=1S/C19H27NO2/c21-18-9-5-4-8-17(18)20-19(22)16-12-10-15(11-13-16)14-6-2-1-3-7-14/h1-3,6-7,15-18,21H,4-5,8-13H2,(H,20,22). The van der Waals surface area contributed by atoms with E-state index in [9.17, 15) is 9.90 Å². The summed E-state index contributed by atoms with van der Waals surface area (Å²) >= 11 is 0. The van der Waals surface area contributed by atoms with Crippen molar-refractivity contribution >= 4 is 5.91 Å². The molecule has 0 bridgehead atoms. The Kier molecular flexibility index (Phi) is 5.14. The van der Waals surface area contributed by atoms with Crippen LogP contribution in [0.5, 0.6) is 0 Å². The Morgan fingerprint density at radius 1 is 0.955 bits per heavy atom. The fourth-order valence-corrected chi connectivity index (χ4v) is 3.99. The van der Waals surface area contributed by atoms with E-state index in [1.807, 2.05) is 0 Å². The molecule has 2 aliphatic rings. The molecule has 2 N–H and O–H groups in total. The van der Waals surface area contributed by atoms with Gasteiger partial charge in [-0.05, 0) is 50.0 Å². The van der Waals surface area contributed by atoms with Gasteiger partial charge in [0.1, 0.15) is 0 Å². The van der Waals surface area contributed by atoms with E-state index in [0.717, 1.165) is 51.4 Å². The molecule has 1 amide bonds. The molecule has 0 spiro atoms. The minimum absolute atomic E-state index is 0.0203. The highest BCUT2D eigenvalue weighted by atomic mass is 16.3. The zero-order valence-electron chi connectivity index (χ0n) is 13.2. The summed E-state index contributed by atoms with van der Waals surface area (Å²) in [5.74, 6) is 0.900. The number of rotatable bonds is 3. The number of benzene rings is 1. The van der Waals surface area contributed by atoms with E-state index >= 15 is 0 Å².